The number of nitrogens with zero attached hydrogens (tertiary/aromatic N) is 1. The highest BCUT2D eigenvalue weighted by molar-refractivity contribution is 8.00. The van der Waals surface area contributed by atoms with Crippen molar-refractivity contribution in [3.8, 4) is 0 Å². The Morgan fingerprint density at radius 1 is 1.17 bits per heavy atom. The molecule has 1 amide bonds. The quantitative estimate of drug-likeness (QED) is 0.808. The summed E-state index contributed by atoms with van der Waals surface area (Å²) in [6, 6.07) is 9.05. The Morgan fingerprint density at radius 2 is 1.87 bits per heavy atom. The van der Waals surface area contributed by atoms with Gasteiger partial charge in [-0.1, -0.05) is 30.3 Å². The van der Waals surface area contributed by atoms with Gasteiger partial charge >= 0.3 is 5.97 Å². The van der Waals surface area contributed by atoms with E-state index >= 15 is 0 Å². The molecule has 6 heteroatoms. The first-order valence-electron chi connectivity index (χ1n) is 7.67. The molecule has 0 aromatic heterocycles. The summed E-state index contributed by atoms with van der Waals surface area (Å²) in [5.41, 5.74) is 0.643. The third-order valence-electron chi connectivity index (χ3n) is 4.11. The molecule has 0 aliphatic carbocycles. The summed E-state index contributed by atoms with van der Waals surface area (Å²) in [5.74, 6) is -0.962. The predicted molar refractivity (Wildman–Crippen MR) is 89.6 cm³/mol. The number of aliphatic carboxylic acids is 1. The number of rotatable bonds is 6. The average Bonchev–Trinajstić information content (AvgIpc) is 2.55. The van der Waals surface area contributed by atoms with Crippen LogP contribution in [0.3, 0.4) is 0 Å². The van der Waals surface area contributed by atoms with Gasteiger partial charge in [0.05, 0.1) is 17.4 Å². The van der Waals surface area contributed by atoms with Gasteiger partial charge in [0.15, 0.2) is 5.78 Å². The molecule has 0 bridgehead atoms. The van der Waals surface area contributed by atoms with Crippen LogP contribution in [0.15, 0.2) is 30.3 Å². The van der Waals surface area contributed by atoms with E-state index in [-0.39, 0.29) is 35.8 Å². The molecule has 2 rings (SSSR count). The Morgan fingerprint density at radius 3 is 2.52 bits per heavy atom. The van der Waals surface area contributed by atoms with Gasteiger partial charge in [-0.05, 0) is 19.8 Å². The standard InChI is InChI=1S/C17H21NO4S/c1-12-7-8-14(17(21)22)9-18(12)16(20)11-23-10-15(19)13-5-3-2-4-6-13/h2-6,12,14H,7-11H2,1H3,(H,21,22). The van der Waals surface area contributed by atoms with Crippen molar-refractivity contribution in [3.63, 3.8) is 0 Å². The molecule has 23 heavy (non-hydrogen) atoms. The van der Waals surface area contributed by atoms with Crippen LogP contribution in [0.2, 0.25) is 0 Å². The fourth-order valence-corrected chi connectivity index (χ4v) is 3.47. The van der Waals surface area contributed by atoms with Gasteiger partial charge in [-0.3, -0.25) is 14.4 Å². The molecule has 0 saturated carbocycles. The molecule has 1 aliphatic rings. The number of Topliss-reactive ketones (excluding diaryl/α,β-unsaturated/α-hetero) is 1. The molecule has 1 saturated heterocycles. The molecule has 1 aliphatic heterocycles. The number of carbonyl (C=O) groups is 3. The van der Waals surface area contributed by atoms with Crippen molar-refractivity contribution in [2.75, 3.05) is 18.1 Å². The highest BCUT2D eigenvalue weighted by Gasteiger charge is 2.32. The van der Waals surface area contributed by atoms with E-state index in [1.54, 1.807) is 17.0 Å². The minimum absolute atomic E-state index is 0.00138. The van der Waals surface area contributed by atoms with Gasteiger partial charge in [0, 0.05) is 18.2 Å². The van der Waals surface area contributed by atoms with Gasteiger partial charge in [0.1, 0.15) is 0 Å². The summed E-state index contributed by atoms with van der Waals surface area (Å²) in [7, 11) is 0. The van der Waals surface area contributed by atoms with Gasteiger partial charge < -0.3 is 10.0 Å². The number of benzene rings is 1. The summed E-state index contributed by atoms with van der Waals surface area (Å²) in [5, 5.41) is 9.11. The van der Waals surface area contributed by atoms with E-state index < -0.39 is 11.9 Å². The van der Waals surface area contributed by atoms with Crippen LogP contribution in [0.4, 0.5) is 0 Å². The van der Waals surface area contributed by atoms with Crippen molar-refractivity contribution < 1.29 is 19.5 Å². The van der Waals surface area contributed by atoms with Crippen molar-refractivity contribution >= 4 is 29.4 Å². The first-order chi connectivity index (χ1) is 11.0. The number of carboxylic acid groups (broad SMARTS) is 1. The number of piperidine rings is 1. The Hall–Kier alpha value is -1.82. The topological polar surface area (TPSA) is 74.7 Å². The Kier molecular flexibility index (Phi) is 6.21. The second-order valence-corrected chi connectivity index (χ2v) is 6.78. The number of hydrogen-bond acceptors (Lipinski definition) is 4. The fourth-order valence-electron chi connectivity index (χ4n) is 2.68. The maximum atomic E-state index is 12.3. The zero-order valence-corrected chi connectivity index (χ0v) is 13.9. The number of carbonyl (C=O) groups excluding carboxylic acids is 2. The summed E-state index contributed by atoms with van der Waals surface area (Å²) in [6.45, 7) is 2.21. The van der Waals surface area contributed by atoms with Gasteiger partial charge in [-0.15, -0.1) is 11.8 Å². The van der Waals surface area contributed by atoms with Crippen molar-refractivity contribution in [3.05, 3.63) is 35.9 Å². The first-order valence-corrected chi connectivity index (χ1v) is 8.82. The number of likely N-dealkylation sites (tertiary alicyclic amines) is 1. The van der Waals surface area contributed by atoms with Gasteiger partial charge in [0.2, 0.25) is 5.91 Å². The van der Waals surface area contributed by atoms with Crippen LogP contribution in [-0.2, 0) is 9.59 Å². The lowest BCUT2D eigenvalue weighted by molar-refractivity contribution is -0.146. The summed E-state index contributed by atoms with van der Waals surface area (Å²) < 4.78 is 0. The maximum Gasteiger partial charge on any atom is 0.308 e. The van der Waals surface area contributed by atoms with Crippen molar-refractivity contribution in [2.24, 2.45) is 5.92 Å². The van der Waals surface area contributed by atoms with Crippen LogP contribution in [-0.4, -0.2) is 51.8 Å². The van der Waals surface area contributed by atoms with Crippen LogP contribution >= 0.6 is 11.8 Å². The van der Waals surface area contributed by atoms with Crippen LogP contribution < -0.4 is 0 Å². The molecular weight excluding hydrogens is 314 g/mol. The molecular formula is C17H21NO4S. The van der Waals surface area contributed by atoms with Crippen LogP contribution in [0.5, 0.6) is 0 Å². The fraction of sp³-hybridized carbons (Fsp3) is 0.471. The smallest absolute Gasteiger partial charge is 0.308 e. The van der Waals surface area contributed by atoms with E-state index in [0.717, 1.165) is 0 Å². The number of carboxylic acids is 1. The maximum absolute atomic E-state index is 12.3. The predicted octanol–water partition coefficient (Wildman–Crippen LogP) is 2.31. The second-order valence-electron chi connectivity index (χ2n) is 5.79. The Bertz CT molecular complexity index is 575. The molecule has 1 heterocycles. The third-order valence-corrected chi connectivity index (χ3v) is 5.02. The Balaban J connectivity index is 1.82. The van der Waals surface area contributed by atoms with E-state index in [9.17, 15) is 14.4 Å². The largest absolute Gasteiger partial charge is 0.481 e. The van der Waals surface area contributed by atoms with Gasteiger partial charge in [-0.25, -0.2) is 0 Å². The van der Waals surface area contributed by atoms with E-state index in [1.165, 1.54) is 11.8 Å². The summed E-state index contributed by atoms with van der Waals surface area (Å²) in [4.78, 5) is 37.0. The Labute approximate surface area is 140 Å². The van der Waals surface area contributed by atoms with Crippen LogP contribution in [0.1, 0.15) is 30.1 Å². The SMILES string of the molecule is CC1CCC(C(=O)O)CN1C(=O)CSCC(=O)c1ccccc1. The zero-order valence-electron chi connectivity index (χ0n) is 13.1. The van der Waals surface area contributed by atoms with Crippen molar-refractivity contribution in [2.45, 2.75) is 25.8 Å². The lowest BCUT2D eigenvalue weighted by atomic mass is 9.93. The number of amides is 1. The molecule has 1 aromatic carbocycles. The molecule has 2 unspecified atom stereocenters. The van der Waals surface area contributed by atoms with Gasteiger partial charge in [0.25, 0.3) is 0 Å². The number of hydrogen-bond donors (Lipinski definition) is 1. The lowest BCUT2D eigenvalue weighted by Crippen LogP contribution is -2.48. The highest BCUT2D eigenvalue weighted by Crippen LogP contribution is 2.23. The monoisotopic (exact) mass is 335 g/mol. The van der Waals surface area contributed by atoms with E-state index in [4.69, 9.17) is 5.11 Å². The first kappa shape index (κ1) is 17.5. The van der Waals surface area contributed by atoms with Crippen LogP contribution in [0, 0.1) is 5.92 Å². The molecule has 124 valence electrons. The van der Waals surface area contributed by atoms with Crippen LogP contribution in [0.25, 0.3) is 0 Å². The zero-order chi connectivity index (χ0) is 16.8. The van der Waals surface area contributed by atoms with Crippen molar-refractivity contribution in [1.29, 1.82) is 0 Å². The van der Waals surface area contributed by atoms with E-state index in [0.29, 0.717) is 18.4 Å². The minimum atomic E-state index is -0.846. The second kappa shape index (κ2) is 8.15. The van der Waals surface area contributed by atoms with E-state index in [2.05, 4.69) is 0 Å². The summed E-state index contributed by atoms with van der Waals surface area (Å²) in [6.07, 6.45) is 1.32. The lowest BCUT2D eigenvalue weighted by Gasteiger charge is -2.36. The molecule has 0 radical (unpaired) electrons. The molecule has 2 atom stereocenters. The molecule has 1 aromatic rings. The van der Waals surface area contributed by atoms with Crippen molar-refractivity contribution in [1.82, 2.24) is 4.90 Å². The molecule has 1 N–H and O–H groups in total. The van der Waals surface area contributed by atoms with E-state index in [1.807, 2.05) is 25.1 Å². The molecule has 0 spiro atoms. The molecule has 5 nitrogen and oxygen atoms in total. The number of ketones is 1. The van der Waals surface area contributed by atoms with Gasteiger partial charge in [-0.2, -0.15) is 0 Å². The minimum Gasteiger partial charge on any atom is -0.481 e. The normalized spacial score (nSPS) is 21.0. The molecule has 1 fully saturated rings. The summed E-state index contributed by atoms with van der Waals surface area (Å²) >= 11 is 1.28. The number of thioether (sulfide) groups is 1. The third kappa shape index (κ3) is 4.82. The average molecular weight is 335 g/mol. The highest BCUT2D eigenvalue weighted by atomic mass is 32.2.